The molecule has 2 aliphatic heterocycles. The van der Waals surface area contributed by atoms with Crippen LogP contribution in [0.5, 0.6) is 0 Å². The van der Waals surface area contributed by atoms with E-state index in [1.165, 1.54) is 53.8 Å². The van der Waals surface area contributed by atoms with Crippen LogP contribution in [0.4, 0.5) is 5.69 Å². The van der Waals surface area contributed by atoms with Gasteiger partial charge in [0.1, 0.15) is 5.54 Å². The zero-order chi connectivity index (χ0) is 25.6. The second-order valence-corrected chi connectivity index (χ2v) is 12.0. The lowest BCUT2D eigenvalue weighted by Gasteiger charge is -2.54. The van der Waals surface area contributed by atoms with Crippen molar-refractivity contribution in [3.8, 4) is 11.1 Å². The van der Waals surface area contributed by atoms with E-state index < -0.39 is 11.0 Å². The Morgan fingerprint density at radius 2 is 1.26 bits per heavy atom. The Balaban J connectivity index is 1.68. The zero-order valence-electron chi connectivity index (χ0n) is 21.4. The van der Waals surface area contributed by atoms with Gasteiger partial charge in [0.25, 0.3) is 0 Å². The van der Waals surface area contributed by atoms with E-state index in [4.69, 9.17) is 10.2 Å². The molecule has 0 saturated carbocycles. The molecular formula is C34H26IN3. The monoisotopic (exact) mass is 603 g/mol. The highest BCUT2D eigenvalue weighted by Crippen LogP contribution is 2.71. The second kappa shape index (κ2) is 7.76. The fourth-order valence-electron chi connectivity index (χ4n) is 7.99. The van der Waals surface area contributed by atoms with Crippen LogP contribution in [0.3, 0.4) is 0 Å². The first-order valence-electron chi connectivity index (χ1n) is 13.3. The van der Waals surface area contributed by atoms with Gasteiger partial charge in [0.2, 0.25) is 0 Å². The molecule has 1 aromatic heterocycles. The number of aryl methyl sites for hydroxylation is 2. The number of nitrogens with zero attached hydrogens (tertiary/aromatic N) is 3. The number of halogens is 1. The molecule has 8 rings (SSSR count). The number of fused-ring (bicyclic) bond motifs is 12. The van der Waals surface area contributed by atoms with Crippen LogP contribution in [-0.4, -0.2) is 16.7 Å². The van der Waals surface area contributed by atoms with Crippen molar-refractivity contribution in [3.05, 3.63) is 145 Å². The minimum Gasteiger partial charge on any atom is -0.354 e. The molecule has 1 spiro atoms. The maximum atomic E-state index is 4.79. The highest BCUT2D eigenvalue weighted by molar-refractivity contribution is 14.1. The molecule has 1 atom stereocenters. The van der Waals surface area contributed by atoms with E-state index in [0.717, 1.165) is 24.4 Å². The summed E-state index contributed by atoms with van der Waals surface area (Å²) >= 11 is 2.42. The summed E-state index contributed by atoms with van der Waals surface area (Å²) in [4.78, 5) is 2.70. The minimum atomic E-state index is -0.489. The largest absolute Gasteiger partial charge is 0.354 e. The summed E-state index contributed by atoms with van der Waals surface area (Å²) in [6.45, 7) is 5.22. The average Bonchev–Trinajstić information content (AvgIpc) is 3.42. The van der Waals surface area contributed by atoms with Crippen molar-refractivity contribution in [3.63, 3.8) is 0 Å². The first-order valence-corrected chi connectivity index (χ1v) is 14.3. The number of benzene rings is 4. The number of hydrogen-bond acceptors (Lipinski definition) is 3. The highest BCUT2D eigenvalue weighted by atomic mass is 127. The Bertz CT molecular complexity index is 1730. The molecular weight excluding hydrogens is 577 g/mol. The van der Waals surface area contributed by atoms with Gasteiger partial charge in [-0.25, -0.2) is 0 Å². The van der Waals surface area contributed by atoms with Crippen LogP contribution in [0.1, 0.15) is 44.8 Å². The van der Waals surface area contributed by atoms with Crippen LogP contribution in [0.15, 0.2) is 97.1 Å². The maximum absolute atomic E-state index is 4.79. The summed E-state index contributed by atoms with van der Waals surface area (Å²) in [5.74, 6) is 0. The Hall–Kier alpha value is -3.51. The molecule has 4 heteroatoms. The number of rotatable bonds is 1. The van der Waals surface area contributed by atoms with Crippen LogP contribution in [-0.2, 0) is 17.4 Å². The first kappa shape index (κ1) is 22.5. The summed E-state index contributed by atoms with van der Waals surface area (Å²) in [6.07, 6.45) is 1.00. The first-order chi connectivity index (χ1) is 18.6. The molecule has 0 bridgehead atoms. The summed E-state index contributed by atoms with van der Waals surface area (Å²) < 4.78 is 1.24. The highest BCUT2D eigenvalue weighted by Gasteiger charge is 2.70. The normalized spacial score (nSPS) is 19.5. The molecule has 184 valence electrons. The van der Waals surface area contributed by atoms with E-state index in [9.17, 15) is 0 Å². The molecule has 0 amide bonds. The summed E-state index contributed by atoms with van der Waals surface area (Å²) in [7, 11) is 0. The number of anilines is 1. The van der Waals surface area contributed by atoms with Crippen LogP contribution < -0.4 is 4.90 Å². The van der Waals surface area contributed by atoms with Gasteiger partial charge in [0.15, 0.2) is 0 Å². The topological polar surface area (TPSA) is 29.0 Å². The van der Waals surface area contributed by atoms with E-state index in [-0.39, 0.29) is 0 Å². The lowest BCUT2D eigenvalue weighted by Crippen LogP contribution is -2.59. The molecule has 0 radical (unpaired) electrons. The van der Waals surface area contributed by atoms with E-state index in [0.29, 0.717) is 0 Å². The maximum Gasteiger partial charge on any atom is 0.109 e. The van der Waals surface area contributed by atoms with E-state index in [1.807, 2.05) is 0 Å². The summed E-state index contributed by atoms with van der Waals surface area (Å²) in [6, 6.07) is 36.5. The quantitative estimate of drug-likeness (QED) is 0.188. The Labute approximate surface area is 236 Å². The van der Waals surface area contributed by atoms with Gasteiger partial charge >= 0.3 is 0 Å². The summed E-state index contributed by atoms with van der Waals surface area (Å²) in [5.41, 5.74) is 13.1. The Morgan fingerprint density at radius 1 is 0.684 bits per heavy atom. The second-order valence-electron chi connectivity index (χ2n) is 10.7. The molecule has 38 heavy (non-hydrogen) atoms. The van der Waals surface area contributed by atoms with Crippen molar-refractivity contribution in [1.29, 1.82) is 0 Å². The van der Waals surface area contributed by atoms with Gasteiger partial charge in [-0.2, -0.15) is 10.2 Å². The van der Waals surface area contributed by atoms with E-state index >= 15 is 0 Å². The van der Waals surface area contributed by atoms with Gasteiger partial charge in [-0.05, 0) is 93.9 Å². The lowest BCUT2D eigenvalue weighted by molar-refractivity contribution is 0.358. The molecule has 1 aliphatic carbocycles. The molecule has 1 unspecified atom stereocenters. The van der Waals surface area contributed by atoms with Crippen molar-refractivity contribution in [2.75, 3.05) is 11.4 Å². The molecule has 0 fully saturated rings. The van der Waals surface area contributed by atoms with Gasteiger partial charge in [-0.3, -0.25) is 0 Å². The predicted molar refractivity (Wildman–Crippen MR) is 161 cm³/mol. The standard InChI is InChI=1S/C34H26IN3/c1-21-31-32(22(2)37-36-21)38-20-19-23-9-3-6-12-28(23)34(38,24-15-17-25(35)18-16-24)33(31)29-13-7-4-10-26(29)27-11-5-8-14-30(27)33/h3-18H,19-20H2,1-2H3. The van der Waals surface area contributed by atoms with Gasteiger partial charge in [0.05, 0.1) is 22.5 Å². The number of hydrogen-bond donors (Lipinski definition) is 0. The third kappa shape index (κ3) is 2.46. The average molecular weight is 604 g/mol. The lowest BCUT2D eigenvalue weighted by atomic mass is 9.55. The summed E-state index contributed by atoms with van der Waals surface area (Å²) in [5, 5.41) is 9.50. The molecule has 0 saturated heterocycles. The molecule has 5 aromatic rings. The smallest absolute Gasteiger partial charge is 0.109 e. The molecule has 3 heterocycles. The van der Waals surface area contributed by atoms with Crippen LogP contribution in [0.2, 0.25) is 0 Å². The fourth-order valence-corrected chi connectivity index (χ4v) is 8.35. The van der Waals surface area contributed by atoms with Crippen LogP contribution >= 0.6 is 22.6 Å². The van der Waals surface area contributed by atoms with Crippen molar-refractivity contribution in [2.45, 2.75) is 31.2 Å². The van der Waals surface area contributed by atoms with Crippen molar-refractivity contribution in [2.24, 2.45) is 0 Å². The van der Waals surface area contributed by atoms with Crippen molar-refractivity contribution < 1.29 is 0 Å². The molecule has 3 aliphatic rings. The third-order valence-corrected chi connectivity index (χ3v) is 9.83. The minimum absolute atomic E-state index is 0.483. The van der Waals surface area contributed by atoms with Crippen LogP contribution in [0.25, 0.3) is 11.1 Å². The van der Waals surface area contributed by atoms with Gasteiger partial charge in [0, 0.05) is 15.7 Å². The third-order valence-electron chi connectivity index (χ3n) is 9.11. The molecule has 3 nitrogen and oxygen atoms in total. The van der Waals surface area contributed by atoms with Crippen LogP contribution in [0, 0.1) is 17.4 Å². The zero-order valence-corrected chi connectivity index (χ0v) is 23.5. The Morgan fingerprint density at radius 3 is 1.95 bits per heavy atom. The fraction of sp³-hybridized carbons (Fsp3) is 0.176. The Kier molecular flexibility index (Phi) is 4.59. The SMILES string of the molecule is Cc1nnc(C)c2c1N1CCc3ccccc3C1(c1ccc(I)cc1)C21c2ccccc2-c2ccccc21. The van der Waals surface area contributed by atoms with Gasteiger partial charge < -0.3 is 4.90 Å². The van der Waals surface area contributed by atoms with E-state index in [2.05, 4.69) is 138 Å². The molecule has 0 N–H and O–H groups in total. The number of aromatic nitrogens is 2. The predicted octanol–water partition coefficient (Wildman–Crippen LogP) is 7.33. The van der Waals surface area contributed by atoms with Gasteiger partial charge in [-0.1, -0.05) is 84.9 Å². The molecule has 4 aromatic carbocycles. The van der Waals surface area contributed by atoms with Gasteiger partial charge in [-0.15, -0.1) is 0 Å². The van der Waals surface area contributed by atoms with Crippen molar-refractivity contribution in [1.82, 2.24) is 10.2 Å². The van der Waals surface area contributed by atoms with E-state index in [1.54, 1.807) is 0 Å². The van der Waals surface area contributed by atoms with Crippen molar-refractivity contribution >= 4 is 28.3 Å².